The molecule has 3 nitrogen and oxygen atoms in total. The number of hydrogen-bond acceptors (Lipinski definition) is 2. The maximum atomic E-state index is 12.9. The minimum atomic E-state index is -3.42. The van der Waals surface area contributed by atoms with Crippen LogP contribution in [0.1, 0.15) is 37.0 Å². The first-order chi connectivity index (χ1) is 9.77. The highest BCUT2D eigenvalue weighted by Gasteiger charge is 2.34. The predicted octanol–water partition coefficient (Wildman–Crippen LogP) is 3.71. The number of hydrogen-bond donors (Lipinski definition) is 0. The molecule has 1 aromatic rings. The number of rotatable bonds is 4. The van der Waals surface area contributed by atoms with E-state index in [0.717, 1.165) is 23.1 Å². The van der Waals surface area contributed by atoms with Crippen LogP contribution in [-0.4, -0.2) is 25.8 Å². The average Bonchev–Trinajstić information content (AvgIpc) is 2.92. The monoisotopic (exact) mass is 329 g/mol. The third-order valence-electron chi connectivity index (χ3n) is 4.58. The Kier molecular flexibility index (Phi) is 5.01. The second-order valence-electron chi connectivity index (χ2n) is 6.33. The van der Waals surface area contributed by atoms with Gasteiger partial charge in [0.1, 0.15) is 0 Å². The van der Waals surface area contributed by atoms with Gasteiger partial charge >= 0.3 is 0 Å². The van der Waals surface area contributed by atoms with E-state index in [2.05, 4.69) is 13.8 Å². The molecule has 0 aromatic heterocycles. The van der Waals surface area contributed by atoms with Crippen molar-refractivity contribution in [2.75, 3.05) is 13.1 Å². The minimum absolute atomic E-state index is 0.332. The van der Waals surface area contributed by atoms with E-state index in [1.165, 1.54) is 0 Å². The maximum absolute atomic E-state index is 12.9. The summed E-state index contributed by atoms with van der Waals surface area (Å²) in [7, 11) is -3.42. The van der Waals surface area contributed by atoms with E-state index in [1.54, 1.807) is 10.4 Å². The van der Waals surface area contributed by atoms with Crippen molar-refractivity contribution in [2.45, 2.75) is 44.9 Å². The van der Waals surface area contributed by atoms with Gasteiger partial charge in [0.25, 0.3) is 0 Å². The normalized spacial score (nSPS) is 20.4. The second kappa shape index (κ2) is 6.27. The average molecular weight is 330 g/mol. The van der Waals surface area contributed by atoms with E-state index >= 15 is 0 Å². The summed E-state index contributed by atoms with van der Waals surface area (Å²) in [5.74, 6) is 1.30. The van der Waals surface area contributed by atoms with Crippen molar-refractivity contribution < 1.29 is 8.42 Å². The third-order valence-corrected chi connectivity index (χ3v) is 6.88. The summed E-state index contributed by atoms with van der Waals surface area (Å²) in [6, 6.07) is 3.69. The first-order valence-corrected chi connectivity index (χ1v) is 9.41. The molecule has 0 amide bonds. The zero-order valence-electron chi connectivity index (χ0n) is 13.2. The lowest BCUT2D eigenvalue weighted by Crippen LogP contribution is -2.30. The highest BCUT2D eigenvalue weighted by molar-refractivity contribution is 7.89. The molecule has 1 unspecified atom stereocenters. The summed E-state index contributed by atoms with van der Waals surface area (Å²) in [5, 5.41) is 0. The summed E-state index contributed by atoms with van der Waals surface area (Å²) in [6.07, 6.45) is 0.949. The lowest BCUT2D eigenvalue weighted by Gasteiger charge is -2.20. The Morgan fingerprint density at radius 1 is 1.33 bits per heavy atom. The standard InChI is InChI=1S/C16H24ClNO2S/c1-11(2)15-5-6-18(10-15)21(19,20)16-8-14(9-17)7-12(3)13(16)4/h7-8,11,15H,5-6,9-10H2,1-4H3. The fourth-order valence-corrected chi connectivity index (χ4v) is 4.91. The van der Waals surface area contributed by atoms with Crippen LogP contribution in [0.2, 0.25) is 0 Å². The molecule has 0 radical (unpaired) electrons. The van der Waals surface area contributed by atoms with Crippen molar-refractivity contribution in [1.29, 1.82) is 0 Å². The van der Waals surface area contributed by atoms with Crippen molar-refractivity contribution in [2.24, 2.45) is 11.8 Å². The predicted molar refractivity (Wildman–Crippen MR) is 87.2 cm³/mol. The first kappa shape index (κ1) is 16.8. The molecule has 21 heavy (non-hydrogen) atoms. The van der Waals surface area contributed by atoms with Crippen LogP contribution in [0.15, 0.2) is 17.0 Å². The fourth-order valence-electron chi connectivity index (χ4n) is 2.90. The molecule has 1 saturated heterocycles. The summed E-state index contributed by atoms with van der Waals surface area (Å²) in [6.45, 7) is 9.37. The molecular formula is C16H24ClNO2S. The van der Waals surface area contributed by atoms with E-state index in [4.69, 9.17) is 11.6 Å². The second-order valence-corrected chi connectivity index (χ2v) is 8.50. The van der Waals surface area contributed by atoms with Crippen LogP contribution >= 0.6 is 11.6 Å². The molecular weight excluding hydrogens is 306 g/mol. The number of halogens is 1. The zero-order chi connectivity index (χ0) is 15.8. The molecule has 1 aromatic carbocycles. The fraction of sp³-hybridized carbons (Fsp3) is 0.625. The molecule has 1 atom stereocenters. The molecule has 1 aliphatic rings. The molecule has 0 spiro atoms. The Morgan fingerprint density at radius 3 is 2.52 bits per heavy atom. The molecule has 5 heteroatoms. The van der Waals surface area contributed by atoms with Crippen molar-refractivity contribution in [3.63, 3.8) is 0 Å². The van der Waals surface area contributed by atoms with Gasteiger partial charge in [0.15, 0.2) is 0 Å². The number of sulfonamides is 1. The largest absolute Gasteiger partial charge is 0.243 e. The molecule has 1 fully saturated rings. The first-order valence-electron chi connectivity index (χ1n) is 7.43. The molecule has 118 valence electrons. The van der Waals surface area contributed by atoms with Gasteiger partial charge in [0.2, 0.25) is 10.0 Å². The van der Waals surface area contributed by atoms with Crippen LogP contribution in [0.25, 0.3) is 0 Å². The SMILES string of the molecule is Cc1cc(CCl)cc(S(=O)(=O)N2CCC(C(C)C)C2)c1C. The van der Waals surface area contributed by atoms with Crippen molar-refractivity contribution in [3.05, 3.63) is 28.8 Å². The van der Waals surface area contributed by atoms with Crippen molar-refractivity contribution in [3.8, 4) is 0 Å². The van der Waals surface area contributed by atoms with E-state index in [-0.39, 0.29) is 0 Å². The van der Waals surface area contributed by atoms with Gasteiger partial charge in [-0.15, -0.1) is 11.6 Å². The van der Waals surface area contributed by atoms with Gasteiger partial charge in [0.05, 0.1) is 4.90 Å². The van der Waals surface area contributed by atoms with E-state index in [0.29, 0.717) is 35.7 Å². The van der Waals surface area contributed by atoms with E-state index < -0.39 is 10.0 Å². The molecule has 1 heterocycles. The Morgan fingerprint density at radius 2 is 2.00 bits per heavy atom. The Hall–Kier alpha value is -0.580. The Balaban J connectivity index is 2.39. The van der Waals surface area contributed by atoms with Gasteiger partial charge in [0, 0.05) is 19.0 Å². The van der Waals surface area contributed by atoms with Crippen molar-refractivity contribution >= 4 is 21.6 Å². The highest BCUT2D eigenvalue weighted by atomic mass is 35.5. The minimum Gasteiger partial charge on any atom is -0.207 e. The van der Waals surface area contributed by atoms with Gasteiger partial charge in [-0.05, 0) is 54.9 Å². The highest BCUT2D eigenvalue weighted by Crippen LogP contribution is 2.31. The summed E-state index contributed by atoms with van der Waals surface area (Å²) in [5.41, 5.74) is 2.67. The van der Waals surface area contributed by atoms with Crippen LogP contribution in [-0.2, 0) is 15.9 Å². The topological polar surface area (TPSA) is 37.4 Å². The molecule has 0 saturated carbocycles. The summed E-state index contributed by atoms with van der Waals surface area (Å²) >= 11 is 5.89. The van der Waals surface area contributed by atoms with Gasteiger partial charge < -0.3 is 0 Å². The van der Waals surface area contributed by atoms with Crippen LogP contribution < -0.4 is 0 Å². The molecule has 1 aliphatic heterocycles. The Labute approximate surface area is 133 Å². The van der Waals surface area contributed by atoms with Gasteiger partial charge in [-0.3, -0.25) is 0 Å². The third kappa shape index (κ3) is 3.27. The summed E-state index contributed by atoms with van der Waals surface area (Å²) < 4.78 is 27.5. The van der Waals surface area contributed by atoms with E-state index in [1.807, 2.05) is 19.9 Å². The van der Waals surface area contributed by atoms with Gasteiger partial charge in [-0.1, -0.05) is 19.9 Å². The Bertz CT molecular complexity index is 625. The lowest BCUT2D eigenvalue weighted by atomic mass is 9.96. The smallest absolute Gasteiger partial charge is 0.207 e. The molecule has 0 N–H and O–H groups in total. The lowest BCUT2D eigenvalue weighted by molar-refractivity contribution is 0.388. The number of aryl methyl sites for hydroxylation is 1. The molecule has 0 bridgehead atoms. The van der Waals surface area contributed by atoms with Gasteiger partial charge in [-0.25, -0.2) is 8.42 Å². The van der Waals surface area contributed by atoms with Crippen LogP contribution in [0.4, 0.5) is 0 Å². The molecule has 2 rings (SSSR count). The molecule has 0 aliphatic carbocycles. The summed E-state index contributed by atoms with van der Waals surface area (Å²) in [4.78, 5) is 0.419. The van der Waals surface area contributed by atoms with Crippen LogP contribution in [0.5, 0.6) is 0 Å². The maximum Gasteiger partial charge on any atom is 0.243 e. The van der Waals surface area contributed by atoms with E-state index in [9.17, 15) is 8.42 Å². The quantitative estimate of drug-likeness (QED) is 0.790. The van der Waals surface area contributed by atoms with Gasteiger partial charge in [-0.2, -0.15) is 4.31 Å². The van der Waals surface area contributed by atoms with Crippen molar-refractivity contribution in [1.82, 2.24) is 4.31 Å². The van der Waals surface area contributed by atoms with Crippen LogP contribution in [0, 0.1) is 25.7 Å². The zero-order valence-corrected chi connectivity index (χ0v) is 14.8. The number of nitrogens with zero attached hydrogens (tertiary/aromatic N) is 1. The number of benzene rings is 1. The number of alkyl halides is 1. The van der Waals surface area contributed by atoms with Crippen LogP contribution in [0.3, 0.4) is 0 Å².